The lowest BCUT2D eigenvalue weighted by Crippen LogP contribution is -2.32. The molecule has 0 aromatic rings. The highest BCUT2D eigenvalue weighted by molar-refractivity contribution is 5.06. The summed E-state index contributed by atoms with van der Waals surface area (Å²) < 4.78 is 0. The highest BCUT2D eigenvalue weighted by Gasteiger charge is 2.35. The van der Waals surface area contributed by atoms with Crippen molar-refractivity contribution in [3.05, 3.63) is 12.2 Å². The van der Waals surface area contributed by atoms with E-state index in [2.05, 4.69) is 53.7 Å². The van der Waals surface area contributed by atoms with Crippen LogP contribution in [-0.2, 0) is 0 Å². The molecule has 0 saturated heterocycles. The third-order valence-electron chi connectivity index (χ3n) is 6.39. The van der Waals surface area contributed by atoms with Gasteiger partial charge in [-0.25, -0.2) is 0 Å². The Labute approximate surface area is 115 Å². The molecular formula is C18H34. The minimum Gasteiger partial charge on any atom is -0.0846 e. The van der Waals surface area contributed by atoms with Gasteiger partial charge in [-0.3, -0.25) is 0 Å². The number of rotatable bonds is 6. The summed E-state index contributed by atoms with van der Waals surface area (Å²) in [5.74, 6) is 1.61. The molecule has 0 heteroatoms. The molecule has 1 aliphatic rings. The lowest BCUT2D eigenvalue weighted by molar-refractivity contribution is 0.139. The van der Waals surface area contributed by atoms with Crippen LogP contribution in [0.25, 0.3) is 0 Å². The molecule has 1 rings (SSSR count). The van der Waals surface area contributed by atoms with Crippen molar-refractivity contribution in [2.75, 3.05) is 0 Å². The maximum atomic E-state index is 2.56. The van der Waals surface area contributed by atoms with Gasteiger partial charge in [0, 0.05) is 0 Å². The molecule has 0 saturated carbocycles. The van der Waals surface area contributed by atoms with Crippen LogP contribution in [0.5, 0.6) is 0 Å². The zero-order valence-corrected chi connectivity index (χ0v) is 13.6. The molecule has 1 aliphatic carbocycles. The van der Waals surface area contributed by atoms with Gasteiger partial charge >= 0.3 is 0 Å². The molecule has 2 unspecified atom stereocenters. The van der Waals surface area contributed by atoms with Crippen LogP contribution in [-0.4, -0.2) is 0 Å². The van der Waals surface area contributed by atoms with Gasteiger partial charge in [-0.1, -0.05) is 79.4 Å². The van der Waals surface area contributed by atoms with Crippen molar-refractivity contribution in [3.8, 4) is 0 Å². The summed E-state index contributed by atoms with van der Waals surface area (Å²) in [6.07, 6.45) is 13.1. The van der Waals surface area contributed by atoms with Gasteiger partial charge in [0.05, 0.1) is 0 Å². The second-order valence-electron chi connectivity index (χ2n) is 6.90. The number of allylic oxidation sites excluding steroid dienone is 2. The predicted molar refractivity (Wildman–Crippen MR) is 82.7 cm³/mol. The summed E-state index contributed by atoms with van der Waals surface area (Å²) in [4.78, 5) is 0. The lowest BCUT2D eigenvalue weighted by Gasteiger charge is -2.42. The van der Waals surface area contributed by atoms with Gasteiger partial charge in [0.25, 0.3) is 0 Å². The van der Waals surface area contributed by atoms with Crippen LogP contribution < -0.4 is 0 Å². The molecule has 0 spiro atoms. The molecule has 2 atom stereocenters. The van der Waals surface area contributed by atoms with E-state index in [9.17, 15) is 0 Å². The smallest absolute Gasteiger partial charge is 0.0179 e. The highest BCUT2D eigenvalue weighted by Crippen LogP contribution is 2.46. The number of hydrogen-bond donors (Lipinski definition) is 0. The van der Waals surface area contributed by atoms with Gasteiger partial charge in [-0.15, -0.1) is 0 Å². The largest absolute Gasteiger partial charge is 0.0846 e. The first kappa shape index (κ1) is 15.8. The van der Waals surface area contributed by atoms with Gasteiger partial charge < -0.3 is 0 Å². The zero-order chi connectivity index (χ0) is 13.8. The van der Waals surface area contributed by atoms with Crippen LogP contribution >= 0.6 is 0 Å². The topological polar surface area (TPSA) is 0 Å². The average Bonchev–Trinajstić information content (AvgIpc) is 2.45. The monoisotopic (exact) mass is 250 g/mol. The van der Waals surface area contributed by atoms with Crippen LogP contribution in [0.1, 0.15) is 80.1 Å². The van der Waals surface area contributed by atoms with Crippen LogP contribution in [0.3, 0.4) is 0 Å². The van der Waals surface area contributed by atoms with Crippen molar-refractivity contribution >= 4 is 0 Å². The molecular weight excluding hydrogens is 216 g/mol. The van der Waals surface area contributed by atoms with Crippen LogP contribution in [0.15, 0.2) is 12.2 Å². The van der Waals surface area contributed by atoms with Crippen molar-refractivity contribution in [1.29, 1.82) is 0 Å². The van der Waals surface area contributed by atoms with E-state index in [1.165, 1.54) is 38.5 Å². The molecule has 0 heterocycles. The van der Waals surface area contributed by atoms with Crippen molar-refractivity contribution in [1.82, 2.24) is 0 Å². The first-order chi connectivity index (χ1) is 8.45. The Morgan fingerprint density at radius 3 is 1.17 bits per heavy atom. The van der Waals surface area contributed by atoms with Crippen molar-refractivity contribution in [2.45, 2.75) is 80.1 Å². The molecule has 0 aliphatic heterocycles. The summed E-state index contributed by atoms with van der Waals surface area (Å²) >= 11 is 0. The predicted octanol–water partition coefficient (Wildman–Crippen LogP) is 6.22. The van der Waals surface area contributed by atoms with E-state index >= 15 is 0 Å². The van der Waals surface area contributed by atoms with Crippen LogP contribution in [0, 0.1) is 22.7 Å². The van der Waals surface area contributed by atoms with Crippen molar-refractivity contribution in [2.24, 2.45) is 22.7 Å². The summed E-state index contributed by atoms with van der Waals surface area (Å²) in [6.45, 7) is 14.4. The van der Waals surface area contributed by atoms with E-state index in [1.807, 2.05) is 0 Å². The molecule has 0 aromatic heterocycles. The molecule has 106 valence electrons. The molecule has 0 aromatic carbocycles. The highest BCUT2D eigenvalue weighted by atomic mass is 14.4. The second kappa shape index (κ2) is 6.26. The van der Waals surface area contributed by atoms with E-state index in [0.717, 1.165) is 11.8 Å². The first-order valence-electron chi connectivity index (χ1n) is 8.14. The molecule has 0 bridgehead atoms. The third kappa shape index (κ3) is 3.00. The first-order valence-corrected chi connectivity index (χ1v) is 8.14. The normalized spacial score (nSPS) is 25.4. The van der Waals surface area contributed by atoms with Crippen LogP contribution in [0.4, 0.5) is 0 Å². The fourth-order valence-electron chi connectivity index (χ4n) is 3.53. The van der Waals surface area contributed by atoms with E-state index in [0.29, 0.717) is 10.8 Å². The number of hydrogen-bond acceptors (Lipinski definition) is 0. The standard InChI is InChI=1S/C18H34/c1-7-17(5,8-2)15-11-13-16(14-12-15)18(6,9-3)10-4/h11,13,15-16H,7-10,12,14H2,1-6H3. The van der Waals surface area contributed by atoms with Gasteiger partial charge in [0.15, 0.2) is 0 Å². The summed E-state index contributed by atoms with van der Waals surface area (Å²) in [7, 11) is 0. The summed E-state index contributed by atoms with van der Waals surface area (Å²) in [6, 6.07) is 0. The quantitative estimate of drug-likeness (QED) is 0.491. The van der Waals surface area contributed by atoms with Gasteiger partial charge in [0.2, 0.25) is 0 Å². The Morgan fingerprint density at radius 2 is 1.00 bits per heavy atom. The molecule has 0 amide bonds. The lowest BCUT2D eigenvalue weighted by atomic mass is 9.63. The second-order valence-corrected chi connectivity index (χ2v) is 6.90. The van der Waals surface area contributed by atoms with E-state index < -0.39 is 0 Å². The Hall–Kier alpha value is -0.260. The van der Waals surface area contributed by atoms with Crippen molar-refractivity contribution < 1.29 is 0 Å². The van der Waals surface area contributed by atoms with Crippen molar-refractivity contribution in [3.63, 3.8) is 0 Å². The average molecular weight is 250 g/mol. The van der Waals surface area contributed by atoms with E-state index in [-0.39, 0.29) is 0 Å². The minimum absolute atomic E-state index is 0.524. The fourth-order valence-corrected chi connectivity index (χ4v) is 3.53. The maximum absolute atomic E-state index is 2.56. The summed E-state index contributed by atoms with van der Waals surface area (Å²) in [5.41, 5.74) is 1.05. The Bertz CT molecular complexity index is 238. The Balaban J connectivity index is 2.77. The van der Waals surface area contributed by atoms with E-state index in [4.69, 9.17) is 0 Å². The van der Waals surface area contributed by atoms with Gasteiger partial charge in [-0.2, -0.15) is 0 Å². The molecule has 0 fully saturated rings. The molecule has 18 heavy (non-hydrogen) atoms. The Morgan fingerprint density at radius 1 is 0.722 bits per heavy atom. The SMILES string of the molecule is CCC(C)(CC)C1C=CC(C(C)(CC)CC)CC1. The summed E-state index contributed by atoms with van der Waals surface area (Å²) in [5, 5.41) is 0. The molecule has 0 N–H and O–H groups in total. The zero-order valence-electron chi connectivity index (χ0n) is 13.6. The van der Waals surface area contributed by atoms with E-state index in [1.54, 1.807) is 0 Å². The van der Waals surface area contributed by atoms with Gasteiger partial charge in [-0.05, 0) is 35.5 Å². The molecule has 0 radical (unpaired) electrons. The fraction of sp³-hybridized carbons (Fsp3) is 0.889. The maximum Gasteiger partial charge on any atom is -0.0179 e. The Kier molecular flexibility index (Phi) is 5.49. The minimum atomic E-state index is 0.524. The van der Waals surface area contributed by atoms with Crippen LogP contribution in [0.2, 0.25) is 0 Å². The third-order valence-corrected chi connectivity index (χ3v) is 6.39. The molecule has 0 nitrogen and oxygen atoms in total. The van der Waals surface area contributed by atoms with Gasteiger partial charge in [0.1, 0.15) is 0 Å².